The molecular weight excluding hydrogens is 236 g/mol. The Kier molecular flexibility index (Phi) is 2.54. The molecule has 0 radical (unpaired) electrons. The molecule has 2 aromatic rings. The number of rotatable bonds is 2. The molecule has 4 N–H and O–H groups in total. The minimum atomic E-state index is 0.244. The van der Waals surface area contributed by atoms with Crippen LogP contribution in [0.25, 0.3) is 0 Å². The van der Waals surface area contributed by atoms with E-state index in [0.717, 1.165) is 25.7 Å². The van der Waals surface area contributed by atoms with E-state index >= 15 is 0 Å². The van der Waals surface area contributed by atoms with Gasteiger partial charge in [-0.15, -0.1) is 0 Å². The van der Waals surface area contributed by atoms with E-state index in [1.54, 1.807) is 9.36 Å². The van der Waals surface area contributed by atoms with Crippen LogP contribution in [-0.4, -0.2) is 40.4 Å². The summed E-state index contributed by atoms with van der Waals surface area (Å²) in [6.45, 7) is 0. The first-order valence-corrected chi connectivity index (χ1v) is 5.82. The van der Waals surface area contributed by atoms with Crippen LogP contribution in [-0.2, 0) is 0 Å². The van der Waals surface area contributed by atoms with Gasteiger partial charge in [0.15, 0.2) is 0 Å². The van der Waals surface area contributed by atoms with Gasteiger partial charge in [-0.25, -0.2) is 9.36 Å². The van der Waals surface area contributed by atoms with E-state index < -0.39 is 0 Å². The normalized spacial score (nSPS) is 24.2. The Morgan fingerprint density at radius 2 is 1.17 bits per heavy atom. The lowest BCUT2D eigenvalue weighted by Gasteiger charge is -2.28. The highest BCUT2D eigenvalue weighted by atomic mass is 15.6. The number of hydrogen-bond donors (Lipinski definition) is 2. The van der Waals surface area contributed by atoms with Crippen LogP contribution in [0, 0.1) is 0 Å². The third kappa shape index (κ3) is 1.75. The molecule has 1 fully saturated rings. The SMILES string of the molecule is Nc1nnnn1C1CCC(n2nnnc2N)CC1. The van der Waals surface area contributed by atoms with Gasteiger partial charge in [0.2, 0.25) is 11.9 Å². The van der Waals surface area contributed by atoms with Crippen LogP contribution in [0.2, 0.25) is 0 Å². The van der Waals surface area contributed by atoms with Crippen molar-refractivity contribution in [3.8, 4) is 0 Å². The first kappa shape index (κ1) is 10.9. The molecule has 0 amide bonds. The topological polar surface area (TPSA) is 139 Å². The second-order valence-electron chi connectivity index (χ2n) is 4.43. The van der Waals surface area contributed by atoms with E-state index in [4.69, 9.17) is 11.5 Å². The van der Waals surface area contributed by atoms with E-state index in [1.807, 2.05) is 0 Å². The second-order valence-corrected chi connectivity index (χ2v) is 4.43. The molecule has 3 rings (SSSR count). The molecular formula is C8H14N10. The third-order valence-corrected chi connectivity index (χ3v) is 3.39. The molecule has 0 saturated heterocycles. The molecule has 0 unspecified atom stereocenters. The molecule has 10 nitrogen and oxygen atoms in total. The van der Waals surface area contributed by atoms with E-state index in [1.165, 1.54) is 0 Å². The molecule has 0 bridgehead atoms. The molecule has 1 aliphatic carbocycles. The fourth-order valence-corrected chi connectivity index (χ4v) is 2.47. The quantitative estimate of drug-likeness (QED) is 0.704. The largest absolute Gasteiger partial charge is 0.367 e. The standard InChI is InChI=1S/C8H14N10/c9-7-11-13-15-17(7)5-1-2-6(4-3-5)18-8(10)12-14-16-18/h5-6H,1-4H2,(H2,9,11,15)(H2,10,12,16). The molecule has 2 aromatic heterocycles. The molecule has 0 spiro atoms. The highest BCUT2D eigenvalue weighted by Crippen LogP contribution is 2.35. The summed E-state index contributed by atoms with van der Waals surface area (Å²) >= 11 is 0. The fraction of sp³-hybridized carbons (Fsp3) is 0.750. The van der Waals surface area contributed by atoms with E-state index in [0.29, 0.717) is 11.9 Å². The first-order valence-electron chi connectivity index (χ1n) is 5.82. The number of nitrogens with two attached hydrogens (primary N) is 2. The predicted molar refractivity (Wildman–Crippen MR) is 61.0 cm³/mol. The van der Waals surface area contributed by atoms with Gasteiger partial charge in [-0.2, -0.15) is 0 Å². The Morgan fingerprint density at radius 1 is 0.778 bits per heavy atom. The molecule has 1 aliphatic rings. The van der Waals surface area contributed by atoms with Crippen molar-refractivity contribution >= 4 is 11.9 Å². The van der Waals surface area contributed by atoms with Gasteiger partial charge in [-0.05, 0) is 46.5 Å². The summed E-state index contributed by atoms with van der Waals surface area (Å²) in [6, 6.07) is 0.489. The van der Waals surface area contributed by atoms with Gasteiger partial charge in [-0.3, -0.25) is 0 Å². The predicted octanol–water partition coefficient (Wildman–Crippen LogP) is -0.820. The number of hydrogen-bond acceptors (Lipinski definition) is 8. The van der Waals surface area contributed by atoms with Crippen molar-refractivity contribution in [1.82, 2.24) is 40.4 Å². The number of nitrogens with zero attached hydrogens (tertiary/aromatic N) is 8. The Balaban J connectivity index is 1.69. The average molecular weight is 250 g/mol. The highest BCUT2D eigenvalue weighted by molar-refractivity contribution is 5.13. The van der Waals surface area contributed by atoms with Crippen molar-refractivity contribution in [2.24, 2.45) is 0 Å². The number of aromatic nitrogens is 8. The average Bonchev–Trinajstić information content (AvgIpc) is 2.98. The van der Waals surface area contributed by atoms with Crippen LogP contribution in [0.3, 0.4) is 0 Å². The van der Waals surface area contributed by atoms with Crippen molar-refractivity contribution < 1.29 is 0 Å². The van der Waals surface area contributed by atoms with Crippen LogP contribution >= 0.6 is 0 Å². The minimum absolute atomic E-state index is 0.244. The summed E-state index contributed by atoms with van der Waals surface area (Å²) in [7, 11) is 0. The van der Waals surface area contributed by atoms with E-state index in [-0.39, 0.29) is 12.1 Å². The zero-order chi connectivity index (χ0) is 12.5. The Bertz CT molecular complexity index is 473. The summed E-state index contributed by atoms with van der Waals surface area (Å²) in [5, 5.41) is 22.3. The van der Waals surface area contributed by atoms with Crippen LogP contribution < -0.4 is 11.5 Å². The van der Waals surface area contributed by atoms with Crippen molar-refractivity contribution in [1.29, 1.82) is 0 Å². The summed E-state index contributed by atoms with van der Waals surface area (Å²) in [5.74, 6) is 0.723. The summed E-state index contributed by atoms with van der Waals surface area (Å²) in [4.78, 5) is 0. The smallest absolute Gasteiger partial charge is 0.240 e. The van der Waals surface area contributed by atoms with Crippen LogP contribution in [0.15, 0.2) is 0 Å². The van der Waals surface area contributed by atoms with Gasteiger partial charge < -0.3 is 11.5 Å². The van der Waals surface area contributed by atoms with Crippen LogP contribution in [0.5, 0.6) is 0 Å². The van der Waals surface area contributed by atoms with E-state index in [2.05, 4.69) is 31.1 Å². The second kappa shape index (κ2) is 4.20. The molecule has 96 valence electrons. The molecule has 1 saturated carbocycles. The monoisotopic (exact) mass is 250 g/mol. The Morgan fingerprint density at radius 3 is 1.44 bits per heavy atom. The van der Waals surface area contributed by atoms with Crippen molar-refractivity contribution in [2.45, 2.75) is 37.8 Å². The number of anilines is 2. The molecule has 0 atom stereocenters. The molecule has 10 heteroatoms. The number of nitrogen functional groups attached to an aromatic ring is 2. The zero-order valence-corrected chi connectivity index (χ0v) is 9.72. The van der Waals surface area contributed by atoms with Crippen LogP contribution in [0.4, 0.5) is 11.9 Å². The maximum Gasteiger partial charge on any atom is 0.240 e. The molecule has 18 heavy (non-hydrogen) atoms. The number of tetrazole rings is 2. The van der Waals surface area contributed by atoms with E-state index in [9.17, 15) is 0 Å². The molecule has 2 heterocycles. The maximum absolute atomic E-state index is 5.69. The molecule has 0 aliphatic heterocycles. The Hall–Kier alpha value is -2.26. The van der Waals surface area contributed by atoms with Gasteiger partial charge in [-0.1, -0.05) is 10.2 Å². The van der Waals surface area contributed by atoms with Gasteiger partial charge in [0.05, 0.1) is 12.1 Å². The first-order chi connectivity index (χ1) is 8.75. The summed E-state index contributed by atoms with van der Waals surface area (Å²) in [6.07, 6.45) is 3.72. The lowest BCUT2D eigenvalue weighted by molar-refractivity contribution is 0.248. The van der Waals surface area contributed by atoms with Gasteiger partial charge in [0.1, 0.15) is 0 Å². The van der Waals surface area contributed by atoms with Gasteiger partial charge >= 0.3 is 0 Å². The highest BCUT2D eigenvalue weighted by Gasteiger charge is 2.27. The fourth-order valence-electron chi connectivity index (χ4n) is 2.47. The lowest BCUT2D eigenvalue weighted by atomic mass is 9.91. The van der Waals surface area contributed by atoms with Crippen molar-refractivity contribution in [2.75, 3.05) is 11.5 Å². The minimum Gasteiger partial charge on any atom is -0.367 e. The van der Waals surface area contributed by atoms with Gasteiger partial charge in [0, 0.05) is 0 Å². The van der Waals surface area contributed by atoms with Crippen molar-refractivity contribution in [3.05, 3.63) is 0 Å². The Labute approximate surface area is 102 Å². The summed E-state index contributed by atoms with van der Waals surface area (Å²) in [5.41, 5.74) is 11.4. The van der Waals surface area contributed by atoms with Crippen molar-refractivity contribution in [3.63, 3.8) is 0 Å². The summed E-state index contributed by atoms with van der Waals surface area (Å²) < 4.78 is 3.36. The third-order valence-electron chi connectivity index (χ3n) is 3.39. The zero-order valence-electron chi connectivity index (χ0n) is 9.72. The van der Waals surface area contributed by atoms with Gasteiger partial charge in [0.25, 0.3) is 0 Å². The lowest BCUT2D eigenvalue weighted by Crippen LogP contribution is -2.23. The maximum atomic E-state index is 5.69. The van der Waals surface area contributed by atoms with Crippen LogP contribution in [0.1, 0.15) is 37.8 Å². The molecule has 0 aromatic carbocycles.